The van der Waals surface area contributed by atoms with Crippen molar-refractivity contribution in [2.45, 2.75) is 25.6 Å². The van der Waals surface area contributed by atoms with Crippen molar-refractivity contribution in [1.29, 1.82) is 0 Å². The Bertz CT molecular complexity index is 842. The summed E-state index contributed by atoms with van der Waals surface area (Å²) < 4.78 is 0. The summed E-state index contributed by atoms with van der Waals surface area (Å²) in [6.45, 7) is 2.60. The third-order valence-corrected chi connectivity index (χ3v) is 5.19. The van der Waals surface area contributed by atoms with Crippen LogP contribution in [-0.2, 0) is 11.3 Å². The van der Waals surface area contributed by atoms with Gasteiger partial charge in [-0.05, 0) is 42.8 Å². The van der Waals surface area contributed by atoms with Gasteiger partial charge in [0.2, 0.25) is 5.91 Å². The second-order valence-corrected chi connectivity index (χ2v) is 7.42. The average Bonchev–Trinajstić information content (AvgIpc) is 2.74. The topological polar surface area (TPSA) is 32.3 Å². The minimum Gasteiger partial charge on any atom is -0.344 e. The van der Waals surface area contributed by atoms with Crippen LogP contribution < -0.4 is 5.32 Å². The lowest BCUT2D eigenvalue weighted by Crippen LogP contribution is -2.44. The molecule has 0 aliphatic carbocycles. The van der Waals surface area contributed by atoms with Crippen LogP contribution in [0.2, 0.25) is 5.02 Å². The molecule has 3 rings (SSSR count). The first-order valence-electron chi connectivity index (χ1n) is 9.39. The lowest BCUT2D eigenvalue weighted by atomic mass is 9.98. The van der Waals surface area contributed by atoms with Crippen LogP contribution in [-0.4, -0.2) is 23.9 Å². The molecule has 0 saturated carbocycles. The molecule has 3 aromatic carbocycles. The number of rotatable bonds is 7. The Morgan fingerprint density at radius 1 is 0.893 bits per heavy atom. The maximum Gasteiger partial charge on any atom is 0.237 e. The predicted octanol–water partition coefficient (Wildman–Crippen LogP) is 5.07. The highest BCUT2D eigenvalue weighted by Gasteiger charge is 2.23. The van der Waals surface area contributed by atoms with E-state index in [0.29, 0.717) is 11.6 Å². The predicted molar refractivity (Wildman–Crippen MR) is 115 cm³/mol. The van der Waals surface area contributed by atoms with Crippen molar-refractivity contribution >= 4 is 17.5 Å². The first-order valence-corrected chi connectivity index (χ1v) is 9.77. The molecule has 3 aromatic rings. The van der Waals surface area contributed by atoms with Gasteiger partial charge in [-0.2, -0.15) is 0 Å². The number of carbonyl (C=O) groups excluding carboxylic acids is 1. The number of nitrogens with zero attached hydrogens (tertiary/aromatic N) is 1. The van der Waals surface area contributed by atoms with Crippen molar-refractivity contribution in [2.75, 3.05) is 7.05 Å². The van der Waals surface area contributed by atoms with Gasteiger partial charge in [0.1, 0.15) is 0 Å². The number of amides is 1. The van der Waals surface area contributed by atoms with Gasteiger partial charge in [-0.3, -0.25) is 9.69 Å². The van der Waals surface area contributed by atoms with Crippen LogP contribution in [0.4, 0.5) is 0 Å². The summed E-state index contributed by atoms with van der Waals surface area (Å²) in [5, 5.41) is 3.94. The second-order valence-electron chi connectivity index (χ2n) is 6.98. The monoisotopic (exact) mass is 392 g/mol. The molecule has 0 fully saturated rings. The molecule has 0 aliphatic rings. The Kier molecular flexibility index (Phi) is 6.85. The zero-order valence-corrected chi connectivity index (χ0v) is 16.9. The van der Waals surface area contributed by atoms with E-state index in [2.05, 4.69) is 5.32 Å². The number of likely N-dealkylation sites (N-methyl/N-ethyl adjacent to an activating group) is 1. The van der Waals surface area contributed by atoms with Gasteiger partial charge < -0.3 is 5.32 Å². The van der Waals surface area contributed by atoms with Gasteiger partial charge in [0, 0.05) is 11.6 Å². The molecule has 1 amide bonds. The zero-order valence-electron chi connectivity index (χ0n) is 16.2. The fraction of sp³-hybridized carbons (Fsp3) is 0.208. The van der Waals surface area contributed by atoms with Crippen LogP contribution in [0, 0.1) is 0 Å². The van der Waals surface area contributed by atoms with Crippen molar-refractivity contribution in [2.24, 2.45) is 0 Å². The van der Waals surface area contributed by atoms with Gasteiger partial charge in [-0.15, -0.1) is 0 Å². The van der Waals surface area contributed by atoms with Gasteiger partial charge in [-0.25, -0.2) is 0 Å². The summed E-state index contributed by atoms with van der Waals surface area (Å²) in [6.07, 6.45) is 0. The van der Waals surface area contributed by atoms with Gasteiger partial charge in [0.05, 0.1) is 12.1 Å². The maximum atomic E-state index is 13.0. The largest absolute Gasteiger partial charge is 0.344 e. The first-order chi connectivity index (χ1) is 13.5. The summed E-state index contributed by atoms with van der Waals surface area (Å²) >= 11 is 5.96. The van der Waals surface area contributed by atoms with Crippen LogP contribution in [0.1, 0.15) is 29.7 Å². The highest BCUT2D eigenvalue weighted by Crippen LogP contribution is 2.22. The van der Waals surface area contributed by atoms with Crippen LogP contribution >= 0.6 is 11.6 Å². The molecule has 0 heterocycles. The molecule has 1 N–H and O–H groups in total. The average molecular weight is 393 g/mol. The summed E-state index contributed by atoms with van der Waals surface area (Å²) in [4.78, 5) is 15.0. The Morgan fingerprint density at radius 2 is 1.39 bits per heavy atom. The minimum absolute atomic E-state index is 0.00540. The summed E-state index contributed by atoms with van der Waals surface area (Å²) in [7, 11) is 1.96. The molecule has 0 aromatic heterocycles. The van der Waals surface area contributed by atoms with Crippen LogP contribution in [0.5, 0.6) is 0 Å². The summed E-state index contributed by atoms with van der Waals surface area (Å²) in [6, 6.07) is 27.4. The van der Waals surface area contributed by atoms with E-state index >= 15 is 0 Å². The number of hydrogen-bond acceptors (Lipinski definition) is 2. The van der Waals surface area contributed by atoms with E-state index in [1.54, 1.807) is 0 Å². The molecule has 0 aliphatic heterocycles. The molecule has 0 unspecified atom stereocenters. The molecule has 3 nitrogen and oxygen atoms in total. The second kappa shape index (κ2) is 9.54. The molecular weight excluding hydrogens is 368 g/mol. The number of carbonyl (C=O) groups is 1. The Morgan fingerprint density at radius 3 is 1.89 bits per heavy atom. The van der Waals surface area contributed by atoms with Crippen molar-refractivity contribution in [3.8, 4) is 0 Å². The standard InChI is InChI=1S/C24H25ClN2O/c1-18(27(2)17-19-13-15-22(25)16-14-19)24(28)26-23(20-9-5-3-6-10-20)21-11-7-4-8-12-21/h3-16,18,23H,17H2,1-2H3,(H,26,28)/t18-/m1/s1. The van der Waals surface area contributed by atoms with E-state index in [4.69, 9.17) is 11.6 Å². The van der Waals surface area contributed by atoms with E-state index in [0.717, 1.165) is 16.7 Å². The molecule has 0 saturated heterocycles. The van der Waals surface area contributed by atoms with Gasteiger partial charge in [-0.1, -0.05) is 84.4 Å². The molecule has 0 bridgehead atoms. The smallest absolute Gasteiger partial charge is 0.237 e. The molecule has 28 heavy (non-hydrogen) atoms. The highest BCUT2D eigenvalue weighted by atomic mass is 35.5. The normalized spacial score (nSPS) is 12.2. The molecular formula is C24H25ClN2O. The molecule has 144 valence electrons. The third-order valence-electron chi connectivity index (χ3n) is 4.94. The number of benzene rings is 3. The molecule has 1 atom stereocenters. The molecule has 0 spiro atoms. The fourth-order valence-corrected chi connectivity index (χ4v) is 3.25. The van der Waals surface area contributed by atoms with Gasteiger partial charge >= 0.3 is 0 Å². The summed E-state index contributed by atoms with van der Waals surface area (Å²) in [5.74, 6) is -0.00540. The minimum atomic E-state index is -0.273. The quantitative estimate of drug-likeness (QED) is 0.609. The summed E-state index contributed by atoms with van der Waals surface area (Å²) in [5.41, 5.74) is 3.25. The Hall–Kier alpha value is -2.62. The van der Waals surface area contributed by atoms with Crippen LogP contribution in [0.25, 0.3) is 0 Å². The van der Waals surface area contributed by atoms with E-state index in [1.807, 2.05) is 104 Å². The highest BCUT2D eigenvalue weighted by molar-refractivity contribution is 6.30. The number of nitrogens with one attached hydrogen (secondary N) is 1. The fourth-order valence-electron chi connectivity index (χ4n) is 3.13. The van der Waals surface area contributed by atoms with Crippen molar-refractivity contribution in [1.82, 2.24) is 10.2 Å². The zero-order chi connectivity index (χ0) is 19.9. The Balaban J connectivity index is 1.73. The van der Waals surface area contributed by atoms with Crippen molar-refractivity contribution < 1.29 is 4.79 Å². The van der Waals surface area contributed by atoms with E-state index in [9.17, 15) is 4.79 Å². The lowest BCUT2D eigenvalue weighted by molar-refractivity contribution is -0.126. The van der Waals surface area contributed by atoms with E-state index < -0.39 is 0 Å². The van der Waals surface area contributed by atoms with Gasteiger partial charge in [0.25, 0.3) is 0 Å². The van der Waals surface area contributed by atoms with Crippen LogP contribution in [0.3, 0.4) is 0 Å². The van der Waals surface area contributed by atoms with Crippen molar-refractivity contribution in [3.05, 3.63) is 107 Å². The Labute approximate surface area is 172 Å². The van der Waals surface area contributed by atoms with Crippen LogP contribution in [0.15, 0.2) is 84.9 Å². The van der Waals surface area contributed by atoms with E-state index in [-0.39, 0.29) is 18.0 Å². The molecule has 0 radical (unpaired) electrons. The van der Waals surface area contributed by atoms with E-state index in [1.165, 1.54) is 0 Å². The van der Waals surface area contributed by atoms with Crippen molar-refractivity contribution in [3.63, 3.8) is 0 Å². The SMILES string of the molecule is C[C@H](C(=O)NC(c1ccccc1)c1ccccc1)N(C)Cc1ccc(Cl)cc1. The number of hydrogen-bond donors (Lipinski definition) is 1. The third kappa shape index (κ3) is 5.22. The molecule has 4 heteroatoms. The lowest BCUT2D eigenvalue weighted by Gasteiger charge is -2.27. The maximum absolute atomic E-state index is 13.0. The van der Waals surface area contributed by atoms with Gasteiger partial charge in [0.15, 0.2) is 0 Å². The number of halogens is 1. The first kappa shape index (κ1) is 20.1.